The number of urea groups is 1. The fourth-order valence-electron chi connectivity index (χ4n) is 2.13. The quantitative estimate of drug-likeness (QED) is 0.860. The first-order valence-corrected chi connectivity index (χ1v) is 6.91. The van der Waals surface area contributed by atoms with Gasteiger partial charge in [0.15, 0.2) is 0 Å². The Bertz CT molecular complexity index is 566. The molecule has 2 rings (SSSR count). The molecule has 0 fully saturated rings. The average molecular weight is 268 g/mol. The zero-order valence-electron chi connectivity index (χ0n) is 11.9. The second kappa shape index (κ2) is 6.75. The summed E-state index contributed by atoms with van der Waals surface area (Å²) in [5.41, 5.74) is 3.09. The van der Waals surface area contributed by atoms with Crippen molar-refractivity contribution in [2.24, 2.45) is 0 Å². The molecule has 0 spiro atoms. The summed E-state index contributed by atoms with van der Waals surface area (Å²) in [6.07, 6.45) is 0.894. The first-order valence-electron chi connectivity index (χ1n) is 6.91. The smallest absolute Gasteiger partial charge is 0.319 e. The Hall–Kier alpha value is -2.29. The molecule has 3 nitrogen and oxygen atoms in total. The van der Waals surface area contributed by atoms with Gasteiger partial charge in [-0.15, -0.1) is 0 Å². The number of carbonyl (C=O) groups is 1. The van der Waals surface area contributed by atoms with Crippen LogP contribution < -0.4 is 10.6 Å². The number of rotatable bonds is 4. The average Bonchev–Trinajstić information content (AvgIpc) is 2.48. The van der Waals surface area contributed by atoms with E-state index in [2.05, 4.69) is 17.6 Å². The Morgan fingerprint density at radius 1 is 1.05 bits per heavy atom. The van der Waals surface area contributed by atoms with Gasteiger partial charge in [0.1, 0.15) is 0 Å². The Labute approximate surface area is 120 Å². The lowest BCUT2D eigenvalue weighted by atomic mass is 10.1. The van der Waals surface area contributed by atoms with E-state index in [0.717, 1.165) is 23.2 Å². The third kappa shape index (κ3) is 3.60. The normalized spacial score (nSPS) is 11.7. The molecule has 0 bridgehead atoms. The summed E-state index contributed by atoms with van der Waals surface area (Å²) in [5, 5.41) is 5.86. The minimum Gasteiger partial charge on any atom is -0.331 e. The molecule has 2 amide bonds. The van der Waals surface area contributed by atoms with Gasteiger partial charge >= 0.3 is 6.03 Å². The van der Waals surface area contributed by atoms with Crippen LogP contribution in [0.3, 0.4) is 0 Å². The standard InChI is InChI=1S/C17H20N2O/c1-3-14-9-7-8-12-16(14)19-17(20)18-13(2)15-10-5-4-6-11-15/h4-13H,3H2,1-2H3,(H2,18,19,20)/t13-/m1/s1. The van der Waals surface area contributed by atoms with E-state index in [4.69, 9.17) is 0 Å². The first-order chi connectivity index (χ1) is 9.70. The number of anilines is 1. The molecule has 2 aromatic rings. The van der Waals surface area contributed by atoms with Crippen molar-refractivity contribution < 1.29 is 4.79 Å². The lowest BCUT2D eigenvalue weighted by Crippen LogP contribution is -2.31. The van der Waals surface area contributed by atoms with Gasteiger partial charge in [-0.1, -0.05) is 55.5 Å². The molecule has 3 heteroatoms. The fraction of sp³-hybridized carbons (Fsp3) is 0.235. The molecular weight excluding hydrogens is 248 g/mol. The van der Waals surface area contributed by atoms with Crippen LogP contribution in [0, 0.1) is 0 Å². The van der Waals surface area contributed by atoms with Crippen LogP contribution in [-0.2, 0) is 6.42 Å². The summed E-state index contributed by atoms with van der Waals surface area (Å²) in [7, 11) is 0. The Balaban J connectivity index is 1.99. The van der Waals surface area contributed by atoms with Crippen LogP contribution in [-0.4, -0.2) is 6.03 Å². The van der Waals surface area contributed by atoms with Crippen LogP contribution in [0.2, 0.25) is 0 Å². The molecule has 0 aromatic heterocycles. The number of amides is 2. The summed E-state index contributed by atoms with van der Waals surface area (Å²) in [5.74, 6) is 0. The molecule has 2 aromatic carbocycles. The second-order valence-corrected chi connectivity index (χ2v) is 4.74. The topological polar surface area (TPSA) is 41.1 Å². The monoisotopic (exact) mass is 268 g/mol. The van der Waals surface area contributed by atoms with Crippen LogP contribution in [0.1, 0.15) is 31.0 Å². The van der Waals surface area contributed by atoms with Gasteiger partial charge in [-0.05, 0) is 30.5 Å². The maximum atomic E-state index is 12.0. The van der Waals surface area contributed by atoms with Gasteiger partial charge in [0.2, 0.25) is 0 Å². The predicted molar refractivity (Wildman–Crippen MR) is 82.8 cm³/mol. The van der Waals surface area contributed by atoms with E-state index in [9.17, 15) is 4.79 Å². The van der Waals surface area contributed by atoms with Crippen LogP contribution in [0.25, 0.3) is 0 Å². The maximum Gasteiger partial charge on any atom is 0.319 e. The minimum atomic E-state index is -0.178. The highest BCUT2D eigenvalue weighted by Gasteiger charge is 2.10. The molecule has 0 aliphatic rings. The van der Waals surface area contributed by atoms with Gasteiger partial charge in [-0.3, -0.25) is 0 Å². The summed E-state index contributed by atoms with van der Waals surface area (Å²) in [4.78, 5) is 12.0. The number of carbonyl (C=O) groups excluding carboxylic acids is 1. The Kier molecular flexibility index (Phi) is 4.77. The molecule has 0 unspecified atom stereocenters. The summed E-state index contributed by atoms with van der Waals surface area (Å²) >= 11 is 0. The fourth-order valence-corrected chi connectivity index (χ4v) is 2.13. The molecule has 0 aliphatic carbocycles. The van der Waals surface area contributed by atoms with E-state index in [0.29, 0.717) is 0 Å². The highest BCUT2D eigenvalue weighted by molar-refractivity contribution is 5.90. The van der Waals surface area contributed by atoms with Gasteiger partial charge in [0.05, 0.1) is 6.04 Å². The Morgan fingerprint density at radius 2 is 1.70 bits per heavy atom. The summed E-state index contributed by atoms with van der Waals surface area (Å²) in [6, 6.07) is 17.6. The number of para-hydroxylation sites is 1. The predicted octanol–water partition coefficient (Wildman–Crippen LogP) is 4.13. The first kappa shape index (κ1) is 14.1. The number of nitrogens with one attached hydrogen (secondary N) is 2. The number of hydrogen-bond acceptors (Lipinski definition) is 1. The molecule has 1 atom stereocenters. The zero-order valence-corrected chi connectivity index (χ0v) is 11.9. The van der Waals surface area contributed by atoms with Crippen molar-refractivity contribution in [3.63, 3.8) is 0 Å². The van der Waals surface area contributed by atoms with Gasteiger partial charge < -0.3 is 10.6 Å². The van der Waals surface area contributed by atoms with Gasteiger partial charge in [0, 0.05) is 5.69 Å². The van der Waals surface area contributed by atoms with Crippen molar-refractivity contribution in [1.29, 1.82) is 0 Å². The molecule has 0 saturated heterocycles. The highest BCUT2D eigenvalue weighted by atomic mass is 16.2. The molecule has 0 aliphatic heterocycles. The van der Waals surface area contributed by atoms with Crippen LogP contribution in [0.4, 0.5) is 10.5 Å². The number of hydrogen-bond donors (Lipinski definition) is 2. The Morgan fingerprint density at radius 3 is 2.40 bits per heavy atom. The minimum absolute atomic E-state index is 0.0232. The van der Waals surface area contributed by atoms with E-state index in [1.807, 2.05) is 61.5 Å². The number of aryl methyl sites for hydroxylation is 1. The lowest BCUT2D eigenvalue weighted by molar-refractivity contribution is 0.249. The van der Waals surface area contributed by atoms with Crippen LogP contribution >= 0.6 is 0 Å². The maximum absolute atomic E-state index is 12.0. The summed E-state index contributed by atoms with van der Waals surface area (Å²) in [6.45, 7) is 4.05. The van der Waals surface area contributed by atoms with E-state index in [1.54, 1.807) is 0 Å². The second-order valence-electron chi connectivity index (χ2n) is 4.74. The SMILES string of the molecule is CCc1ccccc1NC(=O)N[C@H](C)c1ccccc1. The van der Waals surface area contributed by atoms with Gasteiger partial charge in [0.25, 0.3) is 0 Å². The van der Waals surface area contributed by atoms with Crippen molar-refractivity contribution in [2.45, 2.75) is 26.3 Å². The molecule has 0 saturated carbocycles. The molecule has 0 radical (unpaired) electrons. The van der Waals surface area contributed by atoms with E-state index in [1.165, 1.54) is 0 Å². The van der Waals surface area contributed by atoms with Crippen molar-refractivity contribution in [3.05, 3.63) is 65.7 Å². The third-order valence-corrected chi connectivity index (χ3v) is 3.29. The largest absolute Gasteiger partial charge is 0.331 e. The molecule has 104 valence electrons. The van der Waals surface area contributed by atoms with Crippen molar-refractivity contribution in [3.8, 4) is 0 Å². The number of benzene rings is 2. The van der Waals surface area contributed by atoms with Crippen molar-refractivity contribution in [2.75, 3.05) is 5.32 Å². The van der Waals surface area contributed by atoms with Crippen molar-refractivity contribution in [1.82, 2.24) is 5.32 Å². The third-order valence-electron chi connectivity index (χ3n) is 3.29. The summed E-state index contributed by atoms with van der Waals surface area (Å²) < 4.78 is 0. The van der Waals surface area contributed by atoms with E-state index < -0.39 is 0 Å². The zero-order chi connectivity index (χ0) is 14.4. The molecular formula is C17H20N2O. The van der Waals surface area contributed by atoms with Crippen LogP contribution in [0.5, 0.6) is 0 Å². The van der Waals surface area contributed by atoms with E-state index >= 15 is 0 Å². The van der Waals surface area contributed by atoms with Gasteiger partial charge in [-0.25, -0.2) is 4.79 Å². The van der Waals surface area contributed by atoms with Gasteiger partial charge in [-0.2, -0.15) is 0 Å². The van der Waals surface area contributed by atoms with Crippen molar-refractivity contribution >= 4 is 11.7 Å². The highest BCUT2D eigenvalue weighted by Crippen LogP contribution is 2.16. The van der Waals surface area contributed by atoms with E-state index in [-0.39, 0.29) is 12.1 Å². The molecule has 2 N–H and O–H groups in total. The molecule has 20 heavy (non-hydrogen) atoms. The molecule has 0 heterocycles. The lowest BCUT2D eigenvalue weighted by Gasteiger charge is -2.16. The van der Waals surface area contributed by atoms with Crippen LogP contribution in [0.15, 0.2) is 54.6 Å².